The Morgan fingerprint density at radius 2 is 1.94 bits per heavy atom. The Labute approximate surface area is 93.4 Å². The first-order chi connectivity index (χ1) is 8.08. The standard InChI is InChI=1S/C5H8N10O2/c6-3-8-5(15(16)17)10-13(3)1-2-14-4(7)9-11-12-14/h1-2H2,(H2,6,8,10)(H2,7,9,12). The SMILES string of the molecule is Nc1nnnn1CCn1nc([N+](=O)[O-])nc1N. The van der Waals surface area contributed by atoms with Crippen molar-refractivity contribution >= 4 is 17.8 Å². The van der Waals surface area contributed by atoms with E-state index < -0.39 is 10.9 Å². The fraction of sp³-hybridized carbons (Fsp3) is 0.400. The van der Waals surface area contributed by atoms with E-state index in [1.807, 2.05) is 0 Å². The van der Waals surface area contributed by atoms with Gasteiger partial charge < -0.3 is 21.6 Å². The van der Waals surface area contributed by atoms with Crippen LogP contribution in [0.2, 0.25) is 0 Å². The van der Waals surface area contributed by atoms with E-state index in [0.29, 0.717) is 0 Å². The quantitative estimate of drug-likeness (QED) is 0.454. The van der Waals surface area contributed by atoms with Crippen molar-refractivity contribution in [2.24, 2.45) is 0 Å². The van der Waals surface area contributed by atoms with Crippen molar-refractivity contribution in [2.45, 2.75) is 13.1 Å². The molecular formula is C5H8N10O2. The van der Waals surface area contributed by atoms with Gasteiger partial charge in [-0.3, -0.25) is 0 Å². The van der Waals surface area contributed by atoms with Crippen LogP contribution in [0.1, 0.15) is 0 Å². The van der Waals surface area contributed by atoms with Gasteiger partial charge in [-0.15, -0.1) is 0 Å². The lowest BCUT2D eigenvalue weighted by Crippen LogP contribution is -2.14. The normalized spacial score (nSPS) is 10.6. The van der Waals surface area contributed by atoms with Crippen molar-refractivity contribution < 1.29 is 4.92 Å². The van der Waals surface area contributed by atoms with E-state index in [0.717, 1.165) is 0 Å². The molecule has 2 heterocycles. The van der Waals surface area contributed by atoms with Crippen LogP contribution in [0.3, 0.4) is 0 Å². The molecule has 90 valence electrons. The van der Waals surface area contributed by atoms with E-state index in [4.69, 9.17) is 11.5 Å². The second-order valence-corrected chi connectivity index (χ2v) is 3.01. The number of rotatable bonds is 4. The van der Waals surface area contributed by atoms with Crippen LogP contribution < -0.4 is 11.5 Å². The third kappa shape index (κ3) is 2.09. The van der Waals surface area contributed by atoms with Gasteiger partial charge in [0.15, 0.2) is 0 Å². The number of tetrazole rings is 1. The lowest BCUT2D eigenvalue weighted by molar-refractivity contribution is -0.394. The van der Waals surface area contributed by atoms with E-state index >= 15 is 0 Å². The lowest BCUT2D eigenvalue weighted by atomic mass is 10.6. The number of hydrogen-bond acceptors (Lipinski definition) is 9. The average Bonchev–Trinajstić information content (AvgIpc) is 2.82. The van der Waals surface area contributed by atoms with Gasteiger partial charge in [0.2, 0.25) is 5.95 Å². The van der Waals surface area contributed by atoms with Gasteiger partial charge >= 0.3 is 11.9 Å². The number of nitrogen functional groups attached to an aromatic ring is 2. The van der Waals surface area contributed by atoms with Crippen LogP contribution in [0.4, 0.5) is 17.8 Å². The molecule has 0 saturated heterocycles. The molecular weight excluding hydrogens is 232 g/mol. The zero-order valence-electron chi connectivity index (χ0n) is 8.46. The molecule has 0 spiro atoms. The van der Waals surface area contributed by atoms with E-state index in [-0.39, 0.29) is 25.0 Å². The summed E-state index contributed by atoms with van der Waals surface area (Å²) in [6, 6.07) is 0. The Bertz CT molecular complexity index is 543. The van der Waals surface area contributed by atoms with Crippen molar-refractivity contribution in [1.82, 2.24) is 35.0 Å². The Balaban J connectivity index is 2.09. The molecule has 2 aromatic heterocycles. The first-order valence-electron chi connectivity index (χ1n) is 4.44. The van der Waals surface area contributed by atoms with Crippen molar-refractivity contribution in [1.29, 1.82) is 0 Å². The van der Waals surface area contributed by atoms with Crippen molar-refractivity contribution in [3.8, 4) is 0 Å². The molecule has 0 saturated carbocycles. The molecule has 0 amide bonds. The number of aromatic nitrogens is 7. The molecule has 2 aromatic rings. The fourth-order valence-electron chi connectivity index (χ4n) is 1.14. The molecule has 0 aliphatic heterocycles. The summed E-state index contributed by atoms with van der Waals surface area (Å²) >= 11 is 0. The number of nitrogens with zero attached hydrogens (tertiary/aromatic N) is 8. The molecule has 0 unspecified atom stereocenters. The minimum absolute atomic E-state index is 0.0525. The zero-order valence-corrected chi connectivity index (χ0v) is 8.46. The first kappa shape index (κ1) is 10.7. The largest absolute Gasteiger partial charge is 0.493 e. The predicted molar refractivity (Wildman–Crippen MR) is 53.3 cm³/mol. The summed E-state index contributed by atoms with van der Waals surface area (Å²) in [5.74, 6) is -0.464. The maximum absolute atomic E-state index is 10.4. The highest BCUT2D eigenvalue weighted by atomic mass is 16.6. The summed E-state index contributed by atoms with van der Waals surface area (Å²) in [6.45, 7) is 0.505. The first-order valence-corrected chi connectivity index (χ1v) is 4.44. The Morgan fingerprint density at radius 1 is 1.24 bits per heavy atom. The van der Waals surface area contributed by atoms with Gasteiger partial charge in [0, 0.05) is 5.10 Å². The summed E-state index contributed by atoms with van der Waals surface area (Å²) in [6.07, 6.45) is 0. The highest BCUT2D eigenvalue weighted by molar-refractivity contribution is 5.21. The highest BCUT2D eigenvalue weighted by Crippen LogP contribution is 2.07. The van der Waals surface area contributed by atoms with Crippen molar-refractivity contribution in [3.05, 3.63) is 10.1 Å². The Morgan fingerprint density at radius 3 is 2.47 bits per heavy atom. The molecule has 0 aromatic carbocycles. The topological polar surface area (TPSA) is 169 Å². The number of nitrogens with two attached hydrogens (primary N) is 2. The van der Waals surface area contributed by atoms with Gasteiger partial charge in [-0.05, 0) is 20.3 Å². The molecule has 0 radical (unpaired) electrons. The van der Waals surface area contributed by atoms with Crippen LogP contribution in [0.15, 0.2) is 0 Å². The molecule has 12 nitrogen and oxygen atoms in total. The smallest absolute Gasteiger partial charge is 0.390 e. The minimum Gasteiger partial charge on any atom is -0.390 e. The number of nitro groups is 1. The van der Waals surface area contributed by atoms with E-state index in [9.17, 15) is 10.1 Å². The summed E-state index contributed by atoms with van der Waals surface area (Å²) in [5, 5.41) is 24.4. The maximum Gasteiger partial charge on any atom is 0.493 e. The highest BCUT2D eigenvalue weighted by Gasteiger charge is 2.19. The van der Waals surface area contributed by atoms with Gasteiger partial charge in [-0.2, -0.15) is 4.68 Å². The molecule has 4 N–H and O–H groups in total. The molecule has 0 bridgehead atoms. The third-order valence-corrected chi connectivity index (χ3v) is 1.94. The van der Waals surface area contributed by atoms with Gasteiger partial charge in [-0.1, -0.05) is 5.10 Å². The van der Waals surface area contributed by atoms with E-state index in [1.54, 1.807) is 0 Å². The number of anilines is 2. The van der Waals surface area contributed by atoms with Gasteiger partial charge in [0.1, 0.15) is 0 Å². The fourth-order valence-corrected chi connectivity index (χ4v) is 1.14. The summed E-state index contributed by atoms with van der Waals surface area (Å²) < 4.78 is 2.49. The van der Waals surface area contributed by atoms with Crippen LogP contribution >= 0.6 is 0 Å². The van der Waals surface area contributed by atoms with E-state index in [1.165, 1.54) is 9.36 Å². The molecule has 17 heavy (non-hydrogen) atoms. The monoisotopic (exact) mass is 240 g/mol. The van der Waals surface area contributed by atoms with E-state index in [2.05, 4.69) is 25.6 Å². The maximum atomic E-state index is 10.4. The van der Waals surface area contributed by atoms with Gasteiger partial charge in [0.25, 0.3) is 0 Å². The molecule has 0 aliphatic rings. The average molecular weight is 240 g/mol. The predicted octanol–water partition coefficient (Wildman–Crippen LogP) is -1.96. The van der Waals surface area contributed by atoms with Crippen LogP contribution in [0, 0.1) is 10.1 Å². The summed E-state index contributed by atoms with van der Waals surface area (Å²) in [4.78, 5) is 13.2. The summed E-state index contributed by atoms with van der Waals surface area (Å²) in [5.41, 5.74) is 10.9. The molecule has 12 heteroatoms. The van der Waals surface area contributed by atoms with Crippen LogP contribution in [0.25, 0.3) is 0 Å². The van der Waals surface area contributed by atoms with Gasteiger partial charge in [-0.25, -0.2) is 4.68 Å². The van der Waals surface area contributed by atoms with Crippen molar-refractivity contribution in [3.63, 3.8) is 0 Å². The molecule has 0 fully saturated rings. The van der Waals surface area contributed by atoms with Crippen LogP contribution in [0.5, 0.6) is 0 Å². The molecule has 2 rings (SSSR count). The molecule has 0 aliphatic carbocycles. The Kier molecular flexibility index (Phi) is 2.52. The zero-order chi connectivity index (χ0) is 12.4. The Hall–Kier alpha value is -2.79. The number of hydrogen-bond donors (Lipinski definition) is 2. The lowest BCUT2D eigenvalue weighted by Gasteiger charge is -1.99. The second kappa shape index (κ2) is 3.99. The number of aryl methyl sites for hydroxylation is 2. The second-order valence-electron chi connectivity index (χ2n) is 3.01. The molecule has 0 atom stereocenters. The van der Waals surface area contributed by atoms with Crippen LogP contribution in [-0.2, 0) is 13.1 Å². The minimum atomic E-state index is -0.724. The van der Waals surface area contributed by atoms with Crippen LogP contribution in [-0.4, -0.2) is 39.9 Å². The van der Waals surface area contributed by atoms with Gasteiger partial charge in [0.05, 0.1) is 13.1 Å². The van der Waals surface area contributed by atoms with Crippen molar-refractivity contribution in [2.75, 3.05) is 11.5 Å². The summed E-state index contributed by atoms with van der Waals surface area (Å²) in [7, 11) is 0. The third-order valence-electron chi connectivity index (χ3n) is 1.94.